The zero-order valence-electron chi connectivity index (χ0n) is 12.7. The number of carboxylic acid groups (broad SMARTS) is 1. The maximum absolute atomic E-state index is 11.3. The lowest BCUT2D eigenvalue weighted by Crippen LogP contribution is -2.57. The molecule has 5 heteroatoms. The van der Waals surface area contributed by atoms with E-state index in [9.17, 15) is 9.90 Å². The molecule has 1 fully saturated rings. The second kappa shape index (κ2) is 7.43. The summed E-state index contributed by atoms with van der Waals surface area (Å²) >= 11 is 0. The Kier molecular flexibility index (Phi) is 5.59. The van der Waals surface area contributed by atoms with Gasteiger partial charge in [-0.3, -0.25) is 9.69 Å². The highest BCUT2D eigenvalue weighted by molar-refractivity contribution is 5.74. The quantitative estimate of drug-likeness (QED) is 0.829. The highest BCUT2D eigenvalue weighted by Crippen LogP contribution is 2.17. The van der Waals surface area contributed by atoms with Crippen LogP contribution in [0.2, 0.25) is 0 Å². The summed E-state index contributed by atoms with van der Waals surface area (Å²) in [6.07, 6.45) is 1.90. The molecule has 1 heterocycles. The van der Waals surface area contributed by atoms with Crippen LogP contribution in [0.5, 0.6) is 5.75 Å². The fraction of sp³-hybridized carbons (Fsp3) is 0.562. The molecule has 0 saturated carbocycles. The van der Waals surface area contributed by atoms with E-state index in [-0.39, 0.29) is 6.04 Å². The first-order valence-corrected chi connectivity index (χ1v) is 7.44. The first-order chi connectivity index (χ1) is 10.1. The van der Waals surface area contributed by atoms with Crippen molar-refractivity contribution in [1.82, 2.24) is 10.2 Å². The number of ether oxygens (including phenoxy) is 1. The van der Waals surface area contributed by atoms with Gasteiger partial charge in [-0.2, -0.15) is 0 Å². The zero-order valence-corrected chi connectivity index (χ0v) is 12.7. The van der Waals surface area contributed by atoms with Crippen molar-refractivity contribution in [2.75, 3.05) is 26.7 Å². The van der Waals surface area contributed by atoms with Crippen molar-refractivity contribution < 1.29 is 14.6 Å². The largest absolute Gasteiger partial charge is 0.497 e. The van der Waals surface area contributed by atoms with Crippen molar-refractivity contribution >= 4 is 5.97 Å². The number of methoxy groups -OCH3 is 1. The fourth-order valence-corrected chi connectivity index (χ4v) is 2.81. The molecule has 2 atom stereocenters. The number of hydrogen-bond donors (Lipinski definition) is 2. The third-order valence-corrected chi connectivity index (χ3v) is 4.15. The summed E-state index contributed by atoms with van der Waals surface area (Å²) in [5.41, 5.74) is 1.25. The first kappa shape index (κ1) is 15.8. The van der Waals surface area contributed by atoms with E-state index in [1.807, 2.05) is 12.1 Å². The van der Waals surface area contributed by atoms with Crippen molar-refractivity contribution in [1.29, 1.82) is 0 Å². The monoisotopic (exact) mass is 292 g/mol. The summed E-state index contributed by atoms with van der Waals surface area (Å²) < 4.78 is 5.15. The van der Waals surface area contributed by atoms with Crippen LogP contribution in [0.1, 0.15) is 18.9 Å². The third kappa shape index (κ3) is 4.19. The number of rotatable bonds is 6. The lowest BCUT2D eigenvalue weighted by Gasteiger charge is -2.38. The zero-order chi connectivity index (χ0) is 15.2. The van der Waals surface area contributed by atoms with E-state index in [1.165, 1.54) is 5.56 Å². The number of carbonyl (C=O) groups is 1. The van der Waals surface area contributed by atoms with Crippen molar-refractivity contribution in [3.05, 3.63) is 29.8 Å². The van der Waals surface area contributed by atoms with E-state index in [0.29, 0.717) is 6.54 Å². The minimum absolute atomic E-state index is 0.260. The maximum atomic E-state index is 11.3. The van der Waals surface area contributed by atoms with Gasteiger partial charge in [-0.1, -0.05) is 12.1 Å². The molecule has 116 valence electrons. The van der Waals surface area contributed by atoms with Crippen LogP contribution in [-0.4, -0.2) is 54.8 Å². The van der Waals surface area contributed by atoms with Gasteiger partial charge in [-0.15, -0.1) is 0 Å². The van der Waals surface area contributed by atoms with Crippen LogP contribution in [-0.2, 0) is 11.2 Å². The van der Waals surface area contributed by atoms with Gasteiger partial charge in [0.1, 0.15) is 11.8 Å². The Morgan fingerprint density at radius 2 is 2.19 bits per heavy atom. The van der Waals surface area contributed by atoms with Gasteiger partial charge in [-0.25, -0.2) is 0 Å². The van der Waals surface area contributed by atoms with E-state index in [1.54, 1.807) is 7.11 Å². The summed E-state index contributed by atoms with van der Waals surface area (Å²) in [4.78, 5) is 13.4. The number of piperazine rings is 1. The Hall–Kier alpha value is -1.59. The Morgan fingerprint density at radius 1 is 1.48 bits per heavy atom. The van der Waals surface area contributed by atoms with Gasteiger partial charge in [0.05, 0.1) is 7.11 Å². The molecule has 0 radical (unpaired) electrons. The number of hydrogen-bond acceptors (Lipinski definition) is 4. The summed E-state index contributed by atoms with van der Waals surface area (Å²) in [5.74, 6) is 0.123. The van der Waals surface area contributed by atoms with Gasteiger partial charge < -0.3 is 15.2 Å². The van der Waals surface area contributed by atoms with E-state index in [4.69, 9.17) is 4.74 Å². The van der Waals surface area contributed by atoms with Crippen LogP contribution < -0.4 is 10.1 Å². The smallest absolute Gasteiger partial charge is 0.322 e. The molecule has 0 amide bonds. The van der Waals surface area contributed by atoms with Crippen molar-refractivity contribution in [3.63, 3.8) is 0 Å². The minimum Gasteiger partial charge on any atom is -0.497 e. The van der Waals surface area contributed by atoms with Crippen molar-refractivity contribution in [2.45, 2.75) is 31.8 Å². The lowest BCUT2D eigenvalue weighted by atomic mass is 10.0. The maximum Gasteiger partial charge on any atom is 0.322 e. The van der Waals surface area contributed by atoms with Crippen LogP contribution in [0.25, 0.3) is 0 Å². The van der Waals surface area contributed by atoms with Gasteiger partial charge in [-0.05, 0) is 37.5 Å². The molecule has 1 aromatic carbocycles. The normalized spacial score (nSPS) is 21.0. The fourth-order valence-electron chi connectivity index (χ4n) is 2.81. The predicted octanol–water partition coefficient (Wildman–Crippen LogP) is 1.37. The average Bonchev–Trinajstić information content (AvgIpc) is 2.53. The second-order valence-corrected chi connectivity index (χ2v) is 5.53. The van der Waals surface area contributed by atoms with Gasteiger partial charge in [0, 0.05) is 25.7 Å². The van der Waals surface area contributed by atoms with E-state index < -0.39 is 12.0 Å². The highest BCUT2D eigenvalue weighted by Gasteiger charge is 2.31. The number of nitrogens with zero attached hydrogens (tertiary/aromatic N) is 1. The van der Waals surface area contributed by atoms with Gasteiger partial charge in [0.15, 0.2) is 0 Å². The predicted molar refractivity (Wildman–Crippen MR) is 81.8 cm³/mol. The van der Waals surface area contributed by atoms with Crippen LogP contribution in [0, 0.1) is 0 Å². The summed E-state index contributed by atoms with van der Waals surface area (Å²) in [7, 11) is 1.66. The molecule has 0 spiro atoms. The van der Waals surface area contributed by atoms with Gasteiger partial charge in [0.25, 0.3) is 0 Å². The number of benzene rings is 1. The molecular weight excluding hydrogens is 268 g/mol. The van der Waals surface area contributed by atoms with Crippen LogP contribution in [0.3, 0.4) is 0 Å². The molecular formula is C16H24N2O3. The van der Waals surface area contributed by atoms with Gasteiger partial charge >= 0.3 is 5.97 Å². The Morgan fingerprint density at radius 3 is 2.81 bits per heavy atom. The topological polar surface area (TPSA) is 61.8 Å². The van der Waals surface area contributed by atoms with Crippen molar-refractivity contribution in [3.8, 4) is 5.75 Å². The number of carboxylic acids is 1. The molecule has 0 bridgehead atoms. The summed E-state index contributed by atoms with van der Waals surface area (Å²) in [6, 6.07) is 7.91. The minimum atomic E-state index is -0.738. The standard InChI is InChI=1S/C16H24N2O3/c1-12(18-10-9-17-11-15(18)16(19)20)3-4-13-5-7-14(21-2)8-6-13/h5-8,12,15,17H,3-4,9-11H2,1-2H3,(H,19,20). The molecule has 1 saturated heterocycles. The highest BCUT2D eigenvalue weighted by atomic mass is 16.5. The Bertz CT molecular complexity index is 461. The molecule has 1 aromatic rings. The summed E-state index contributed by atoms with van der Waals surface area (Å²) in [5, 5.41) is 12.5. The molecule has 1 aliphatic heterocycles. The van der Waals surface area contributed by atoms with Crippen LogP contribution in [0.4, 0.5) is 0 Å². The number of aryl methyl sites for hydroxylation is 1. The molecule has 2 N–H and O–H groups in total. The molecule has 2 unspecified atom stereocenters. The SMILES string of the molecule is COc1ccc(CCC(C)N2CCNCC2C(=O)O)cc1. The molecule has 1 aliphatic rings. The van der Waals surface area contributed by atoms with Crippen LogP contribution >= 0.6 is 0 Å². The lowest BCUT2D eigenvalue weighted by molar-refractivity contribution is -0.145. The number of nitrogens with one attached hydrogen (secondary N) is 1. The van der Waals surface area contributed by atoms with Crippen LogP contribution in [0.15, 0.2) is 24.3 Å². The summed E-state index contributed by atoms with van der Waals surface area (Å²) in [6.45, 7) is 4.30. The first-order valence-electron chi connectivity index (χ1n) is 7.44. The number of aliphatic carboxylic acids is 1. The Labute approximate surface area is 125 Å². The van der Waals surface area contributed by atoms with E-state index in [2.05, 4.69) is 29.3 Å². The second-order valence-electron chi connectivity index (χ2n) is 5.53. The van der Waals surface area contributed by atoms with Gasteiger partial charge in [0.2, 0.25) is 0 Å². The molecule has 5 nitrogen and oxygen atoms in total. The average molecular weight is 292 g/mol. The molecule has 2 rings (SSSR count). The van der Waals surface area contributed by atoms with E-state index >= 15 is 0 Å². The third-order valence-electron chi connectivity index (χ3n) is 4.15. The molecule has 21 heavy (non-hydrogen) atoms. The molecule has 0 aromatic heterocycles. The molecule has 0 aliphatic carbocycles. The van der Waals surface area contributed by atoms with Crippen molar-refractivity contribution in [2.24, 2.45) is 0 Å². The van der Waals surface area contributed by atoms with E-state index in [0.717, 1.165) is 31.7 Å². The Balaban J connectivity index is 1.90.